The van der Waals surface area contributed by atoms with Crippen LogP contribution in [0.15, 0.2) is 4.99 Å². The van der Waals surface area contributed by atoms with Crippen LogP contribution >= 0.6 is 0 Å². The van der Waals surface area contributed by atoms with Crippen molar-refractivity contribution in [2.45, 2.75) is 19.4 Å². The highest BCUT2D eigenvalue weighted by molar-refractivity contribution is 5.24. The Morgan fingerprint density at radius 1 is 1.86 bits per heavy atom. The minimum atomic E-state index is 0.0556. The van der Waals surface area contributed by atoms with Crippen molar-refractivity contribution in [3.8, 4) is 0 Å². The number of aliphatic hydroxyl groups is 1. The van der Waals surface area contributed by atoms with Crippen molar-refractivity contribution in [2.75, 3.05) is 6.61 Å². The fraction of sp³-hybridized carbons (Fsp3) is 0.800. The number of rotatable bonds is 3. The minimum Gasteiger partial charge on any atom is -0.394 e. The van der Waals surface area contributed by atoms with Gasteiger partial charge < -0.3 is 5.11 Å². The molecule has 0 bridgehead atoms. The van der Waals surface area contributed by atoms with E-state index in [-0.39, 0.29) is 12.6 Å². The van der Waals surface area contributed by atoms with Crippen LogP contribution in [0.5, 0.6) is 0 Å². The van der Waals surface area contributed by atoms with Crippen molar-refractivity contribution in [3.63, 3.8) is 0 Å². The van der Waals surface area contributed by atoms with Crippen molar-refractivity contribution in [1.29, 1.82) is 0 Å². The highest BCUT2D eigenvalue weighted by atomic mass is 16.3. The molecule has 2 heteroatoms. The number of nitrogens with zero attached hydrogens (tertiary/aromatic N) is 1. The maximum absolute atomic E-state index is 8.39. The molecule has 2 nitrogen and oxygen atoms in total. The second kappa shape index (κ2) is 3.81. The van der Waals surface area contributed by atoms with Crippen LogP contribution in [-0.4, -0.2) is 24.5 Å². The summed E-state index contributed by atoms with van der Waals surface area (Å²) in [5, 5.41) is 8.39. The lowest BCUT2D eigenvalue weighted by molar-refractivity contribution is 0.264. The van der Waals surface area contributed by atoms with E-state index < -0.39 is 0 Å². The Kier molecular flexibility index (Phi) is 3.61. The average molecular weight is 101 g/mol. The molecule has 1 N–H and O–H groups in total. The molecule has 0 saturated heterocycles. The minimum absolute atomic E-state index is 0.0556. The molecule has 0 aliphatic heterocycles. The van der Waals surface area contributed by atoms with Gasteiger partial charge in [0.2, 0.25) is 0 Å². The van der Waals surface area contributed by atoms with E-state index in [1.165, 1.54) is 0 Å². The van der Waals surface area contributed by atoms with E-state index >= 15 is 0 Å². The first-order valence-corrected chi connectivity index (χ1v) is 2.41. The third-order valence-corrected chi connectivity index (χ3v) is 0.940. The van der Waals surface area contributed by atoms with Gasteiger partial charge in [-0.1, -0.05) is 6.92 Å². The van der Waals surface area contributed by atoms with E-state index in [1.807, 2.05) is 6.92 Å². The van der Waals surface area contributed by atoms with E-state index in [9.17, 15) is 0 Å². The molecule has 0 spiro atoms. The highest BCUT2D eigenvalue weighted by Crippen LogP contribution is 1.91. The predicted molar refractivity (Wildman–Crippen MR) is 30.7 cm³/mol. The van der Waals surface area contributed by atoms with Crippen molar-refractivity contribution >= 4 is 6.72 Å². The SMILES string of the molecule is C=NC(CC)CO. The fourth-order valence-electron chi connectivity index (χ4n) is 0.316. The first kappa shape index (κ1) is 6.63. The Balaban J connectivity index is 3.16. The average Bonchev–Trinajstić information content (AvgIpc) is 1.72. The second-order valence-electron chi connectivity index (χ2n) is 1.43. The highest BCUT2D eigenvalue weighted by Gasteiger charge is 1.95. The quantitative estimate of drug-likeness (QED) is 0.514. The van der Waals surface area contributed by atoms with E-state index in [1.54, 1.807) is 0 Å². The third kappa shape index (κ3) is 2.34. The summed E-state index contributed by atoms with van der Waals surface area (Å²) in [5.41, 5.74) is 0. The molecule has 0 aromatic rings. The molecule has 0 amide bonds. The Bertz CT molecular complexity index is 50.0. The van der Waals surface area contributed by atoms with Gasteiger partial charge in [0.25, 0.3) is 0 Å². The van der Waals surface area contributed by atoms with Crippen LogP contribution in [0, 0.1) is 0 Å². The molecule has 7 heavy (non-hydrogen) atoms. The molecule has 1 atom stereocenters. The Morgan fingerprint density at radius 2 is 2.43 bits per heavy atom. The molecule has 0 aliphatic carbocycles. The predicted octanol–water partition coefficient (Wildman–Crippen LogP) is 0.458. The van der Waals surface area contributed by atoms with Gasteiger partial charge in [0, 0.05) is 0 Å². The van der Waals surface area contributed by atoms with Gasteiger partial charge in [-0.15, -0.1) is 0 Å². The van der Waals surface area contributed by atoms with Gasteiger partial charge in [0.1, 0.15) is 0 Å². The van der Waals surface area contributed by atoms with Gasteiger partial charge in [0.15, 0.2) is 0 Å². The van der Waals surface area contributed by atoms with Crippen molar-refractivity contribution in [2.24, 2.45) is 4.99 Å². The molecule has 0 aromatic heterocycles. The summed E-state index contributed by atoms with van der Waals surface area (Å²) in [4.78, 5) is 3.62. The van der Waals surface area contributed by atoms with Crippen molar-refractivity contribution in [1.82, 2.24) is 0 Å². The summed E-state index contributed by atoms with van der Waals surface area (Å²) in [6.07, 6.45) is 0.875. The summed E-state index contributed by atoms with van der Waals surface area (Å²) in [6.45, 7) is 5.39. The smallest absolute Gasteiger partial charge is 0.0720 e. The fourth-order valence-corrected chi connectivity index (χ4v) is 0.316. The van der Waals surface area contributed by atoms with Gasteiger partial charge in [-0.05, 0) is 13.1 Å². The van der Waals surface area contributed by atoms with Crippen LogP contribution in [0.4, 0.5) is 0 Å². The van der Waals surface area contributed by atoms with Crippen LogP contribution in [0.1, 0.15) is 13.3 Å². The van der Waals surface area contributed by atoms with Gasteiger partial charge in [-0.3, -0.25) is 4.99 Å². The molecule has 0 fully saturated rings. The molecule has 1 unspecified atom stereocenters. The first-order chi connectivity index (χ1) is 3.35. The lowest BCUT2D eigenvalue weighted by Gasteiger charge is -2.00. The zero-order chi connectivity index (χ0) is 5.70. The van der Waals surface area contributed by atoms with Gasteiger partial charge in [-0.25, -0.2) is 0 Å². The first-order valence-electron chi connectivity index (χ1n) is 2.41. The Morgan fingerprint density at radius 3 is 2.43 bits per heavy atom. The van der Waals surface area contributed by atoms with E-state index in [2.05, 4.69) is 11.7 Å². The van der Waals surface area contributed by atoms with E-state index in [0.717, 1.165) is 6.42 Å². The van der Waals surface area contributed by atoms with Crippen molar-refractivity contribution in [3.05, 3.63) is 0 Å². The molecule has 0 heterocycles. The maximum Gasteiger partial charge on any atom is 0.0720 e. The summed E-state index contributed by atoms with van der Waals surface area (Å²) in [6, 6.07) is 0.0556. The molecule has 0 aromatic carbocycles. The normalized spacial score (nSPS) is 13.4. The third-order valence-electron chi connectivity index (χ3n) is 0.940. The monoisotopic (exact) mass is 101 g/mol. The largest absolute Gasteiger partial charge is 0.394 e. The lowest BCUT2D eigenvalue weighted by Crippen LogP contribution is -2.06. The summed E-state index contributed by atoms with van der Waals surface area (Å²) < 4.78 is 0. The Labute approximate surface area is 43.9 Å². The van der Waals surface area contributed by atoms with Crippen LogP contribution in [0.2, 0.25) is 0 Å². The van der Waals surface area contributed by atoms with E-state index in [4.69, 9.17) is 5.11 Å². The van der Waals surface area contributed by atoms with Crippen LogP contribution in [0.25, 0.3) is 0 Å². The number of aliphatic imine (C=N–C) groups is 1. The van der Waals surface area contributed by atoms with Crippen LogP contribution in [-0.2, 0) is 0 Å². The molecule has 0 aliphatic rings. The Hall–Kier alpha value is -0.370. The molecular formula is C5H11NO. The van der Waals surface area contributed by atoms with Gasteiger partial charge >= 0.3 is 0 Å². The topological polar surface area (TPSA) is 32.6 Å². The number of aliphatic hydroxyl groups excluding tert-OH is 1. The summed E-state index contributed by atoms with van der Waals surface area (Å²) in [7, 11) is 0. The number of hydrogen-bond acceptors (Lipinski definition) is 2. The second-order valence-corrected chi connectivity index (χ2v) is 1.43. The standard InChI is InChI=1S/C5H11NO/c1-3-5(4-7)6-2/h5,7H,2-4H2,1H3. The van der Waals surface area contributed by atoms with Crippen molar-refractivity contribution < 1.29 is 5.11 Å². The maximum atomic E-state index is 8.39. The van der Waals surface area contributed by atoms with Crippen LogP contribution in [0.3, 0.4) is 0 Å². The molecule has 0 rings (SSSR count). The van der Waals surface area contributed by atoms with Gasteiger partial charge in [-0.2, -0.15) is 0 Å². The lowest BCUT2D eigenvalue weighted by atomic mass is 10.3. The molecule has 0 saturated carbocycles. The van der Waals surface area contributed by atoms with E-state index in [0.29, 0.717) is 0 Å². The zero-order valence-corrected chi connectivity index (χ0v) is 4.59. The molecule has 0 radical (unpaired) electrons. The number of hydrogen-bond donors (Lipinski definition) is 1. The zero-order valence-electron chi connectivity index (χ0n) is 4.59. The van der Waals surface area contributed by atoms with Gasteiger partial charge in [0.05, 0.1) is 12.6 Å². The molecule has 42 valence electrons. The summed E-state index contributed by atoms with van der Waals surface area (Å²) in [5.74, 6) is 0. The molecular weight excluding hydrogens is 90.1 g/mol. The summed E-state index contributed by atoms with van der Waals surface area (Å²) >= 11 is 0. The van der Waals surface area contributed by atoms with Crippen LogP contribution < -0.4 is 0 Å².